The fraction of sp³-hybridized carbons (Fsp3) is 0.500. The quantitative estimate of drug-likeness (QED) is 0.865. The zero-order valence-electron chi connectivity index (χ0n) is 10.2. The maximum Gasteiger partial charge on any atom is 0.317 e. The fourth-order valence-corrected chi connectivity index (χ4v) is 2.66. The van der Waals surface area contributed by atoms with E-state index in [1.165, 1.54) is 5.56 Å². The number of hydrogen-bond acceptors (Lipinski definition) is 2. The highest BCUT2D eigenvalue weighted by Gasteiger charge is 2.31. The van der Waals surface area contributed by atoms with E-state index in [1.54, 1.807) is 0 Å². The summed E-state index contributed by atoms with van der Waals surface area (Å²) in [4.78, 5) is 12.8. The van der Waals surface area contributed by atoms with Crippen LogP contribution in [0.25, 0.3) is 0 Å². The average molecular weight is 233 g/mol. The molecule has 3 nitrogen and oxygen atoms in total. The first kappa shape index (κ1) is 12.1. The van der Waals surface area contributed by atoms with Crippen LogP contribution in [0.2, 0.25) is 0 Å². The third-order valence-corrected chi connectivity index (χ3v) is 3.72. The van der Waals surface area contributed by atoms with Gasteiger partial charge in [0.15, 0.2) is 0 Å². The first-order valence-electron chi connectivity index (χ1n) is 6.16. The Balaban J connectivity index is 1.94. The molecule has 0 spiro atoms. The van der Waals surface area contributed by atoms with Gasteiger partial charge in [0.25, 0.3) is 0 Å². The number of aliphatic carboxylic acids is 1. The van der Waals surface area contributed by atoms with Crippen molar-refractivity contribution in [3.8, 4) is 0 Å². The number of carbonyl (C=O) groups is 1. The largest absolute Gasteiger partial charge is 0.480 e. The first-order valence-corrected chi connectivity index (χ1v) is 6.16. The molecule has 1 aliphatic heterocycles. The molecule has 1 aromatic rings. The molecule has 2 rings (SSSR count). The zero-order chi connectivity index (χ0) is 12.3. The van der Waals surface area contributed by atoms with Gasteiger partial charge in [-0.1, -0.05) is 30.3 Å². The van der Waals surface area contributed by atoms with Crippen LogP contribution in [0, 0.1) is 5.92 Å². The second-order valence-corrected chi connectivity index (χ2v) is 4.84. The monoisotopic (exact) mass is 233 g/mol. The van der Waals surface area contributed by atoms with Gasteiger partial charge >= 0.3 is 5.97 Å². The van der Waals surface area contributed by atoms with Gasteiger partial charge in [-0.15, -0.1) is 0 Å². The van der Waals surface area contributed by atoms with Gasteiger partial charge in [-0.25, -0.2) is 0 Å². The molecular formula is C14H19NO2. The molecule has 0 aliphatic carbocycles. The van der Waals surface area contributed by atoms with Crippen LogP contribution < -0.4 is 0 Å². The second kappa shape index (κ2) is 5.32. The van der Waals surface area contributed by atoms with Gasteiger partial charge in [0.05, 0.1) is 6.54 Å². The molecule has 92 valence electrons. The molecule has 0 amide bonds. The van der Waals surface area contributed by atoms with Crippen molar-refractivity contribution in [2.24, 2.45) is 5.92 Å². The molecule has 0 unspecified atom stereocenters. The smallest absolute Gasteiger partial charge is 0.317 e. The van der Waals surface area contributed by atoms with E-state index in [4.69, 9.17) is 5.11 Å². The van der Waals surface area contributed by atoms with Crippen LogP contribution in [0.4, 0.5) is 0 Å². The summed E-state index contributed by atoms with van der Waals surface area (Å²) in [5.41, 5.74) is 1.35. The van der Waals surface area contributed by atoms with Crippen molar-refractivity contribution >= 4 is 5.97 Å². The fourth-order valence-electron chi connectivity index (χ4n) is 2.66. The van der Waals surface area contributed by atoms with Crippen LogP contribution in [0.15, 0.2) is 30.3 Å². The third-order valence-electron chi connectivity index (χ3n) is 3.72. The third kappa shape index (κ3) is 3.07. The average Bonchev–Trinajstić information content (AvgIpc) is 2.62. The number of rotatable bonds is 4. The highest BCUT2D eigenvalue weighted by molar-refractivity contribution is 5.69. The van der Waals surface area contributed by atoms with Crippen molar-refractivity contribution in [2.75, 3.05) is 13.1 Å². The number of nitrogens with zero attached hydrogens (tertiary/aromatic N) is 1. The lowest BCUT2D eigenvalue weighted by atomic mass is 9.93. The molecule has 1 fully saturated rings. The van der Waals surface area contributed by atoms with Crippen molar-refractivity contribution in [1.82, 2.24) is 4.90 Å². The predicted octanol–water partition coefficient (Wildman–Crippen LogP) is 2.02. The standard InChI is InChI=1S/C14H19NO2/c1-11-13(7-8-15(11)10-14(16)17)9-12-5-3-2-4-6-12/h2-6,11,13H,7-10H2,1H3,(H,16,17)/t11-,13+/m1/s1. The van der Waals surface area contributed by atoms with Gasteiger partial charge in [-0.3, -0.25) is 9.69 Å². The summed E-state index contributed by atoms with van der Waals surface area (Å²) in [7, 11) is 0. The summed E-state index contributed by atoms with van der Waals surface area (Å²) in [5, 5.41) is 8.83. The summed E-state index contributed by atoms with van der Waals surface area (Å²) in [6.07, 6.45) is 2.15. The van der Waals surface area contributed by atoms with E-state index in [9.17, 15) is 4.79 Å². The van der Waals surface area contributed by atoms with Gasteiger partial charge < -0.3 is 5.11 Å². The summed E-state index contributed by atoms with van der Waals surface area (Å²) in [6.45, 7) is 3.22. The molecule has 0 radical (unpaired) electrons. The van der Waals surface area contributed by atoms with E-state index < -0.39 is 5.97 Å². The Kier molecular flexibility index (Phi) is 3.79. The minimum absolute atomic E-state index is 0.173. The Hall–Kier alpha value is -1.35. The van der Waals surface area contributed by atoms with Crippen LogP contribution in [-0.4, -0.2) is 35.1 Å². The number of likely N-dealkylation sites (tertiary alicyclic amines) is 1. The van der Waals surface area contributed by atoms with Gasteiger partial charge in [0.2, 0.25) is 0 Å². The minimum atomic E-state index is -0.725. The van der Waals surface area contributed by atoms with Crippen LogP contribution >= 0.6 is 0 Å². The molecule has 1 aromatic carbocycles. The van der Waals surface area contributed by atoms with Crippen LogP contribution in [0.5, 0.6) is 0 Å². The lowest BCUT2D eigenvalue weighted by Gasteiger charge is -2.22. The van der Waals surface area contributed by atoms with Crippen molar-refractivity contribution in [3.05, 3.63) is 35.9 Å². The summed E-state index contributed by atoms with van der Waals surface area (Å²) in [5.74, 6) is -0.144. The molecular weight excluding hydrogens is 214 g/mol. The van der Waals surface area contributed by atoms with Crippen LogP contribution in [0.1, 0.15) is 18.9 Å². The first-order chi connectivity index (χ1) is 8.16. The topological polar surface area (TPSA) is 40.5 Å². The Morgan fingerprint density at radius 2 is 2.12 bits per heavy atom. The minimum Gasteiger partial charge on any atom is -0.480 e. The second-order valence-electron chi connectivity index (χ2n) is 4.84. The lowest BCUT2D eigenvalue weighted by Crippen LogP contribution is -2.35. The molecule has 3 heteroatoms. The molecule has 17 heavy (non-hydrogen) atoms. The molecule has 1 N–H and O–H groups in total. The van der Waals surface area contributed by atoms with Crippen molar-refractivity contribution < 1.29 is 9.90 Å². The maximum atomic E-state index is 10.7. The Bertz CT molecular complexity index is 377. The number of benzene rings is 1. The number of carboxylic acids is 1. The highest BCUT2D eigenvalue weighted by atomic mass is 16.4. The Morgan fingerprint density at radius 1 is 1.41 bits per heavy atom. The van der Waals surface area contributed by atoms with E-state index in [-0.39, 0.29) is 6.54 Å². The van der Waals surface area contributed by atoms with E-state index in [0.29, 0.717) is 12.0 Å². The van der Waals surface area contributed by atoms with Gasteiger partial charge in [0, 0.05) is 6.04 Å². The van der Waals surface area contributed by atoms with E-state index >= 15 is 0 Å². The predicted molar refractivity (Wildman–Crippen MR) is 66.9 cm³/mol. The van der Waals surface area contributed by atoms with E-state index in [0.717, 1.165) is 19.4 Å². The van der Waals surface area contributed by atoms with Gasteiger partial charge in [-0.2, -0.15) is 0 Å². The molecule has 2 atom stereocenters. The Morgan fingerprint density at radius 3 is 2.76 bits per heavy atom. The summed E-state index contributed by atoms with van der Waals surface area (Å²) < 4.78 is 0. The van der Waals surface area contributed by atoms with Crippen molar-refractivity contribution in [1.29, 1.82) is 0 Å². The molecule has 1 heterocycles. The van der Waals surface area contributed by atoms with Crippen molar-refractivity contribution in [3.63, 3.8) is 0 Å². The molecule has 0 bridgehead atoms. The van der Waals surface area contributed by atoms with Gasteiger partial charge in [-0.05, 0) is 37.8 Å². The van der Waals surface area contributed by atoms with Crippen LogP contribution in [-0.2, 0) is 11.2 Å². The van der Waals surface area contributed by atoms with Gasteiger partial charge in [0.1, 0.15) is 0 Å². The molecule has 1 aliphatic rings. The normalized spacial score (nSPS) is 25.0. The van der Waals surface area contributed by atoms with Crippen molar-refractivity contribution in [2.45, 2.75) is 25.8 Å². The lowest BCUT2D eigenvalue weighted by molar-refractivity contribution is -0.138. The summed E-state index contributed by atoms with van der Waals surface area (Å²) >= 11 is 0. The number of hydrogen-bond donors (Lipinski definition) is 1. The molecule has 0 saturated carbocycles. The Labute approximate surface area is 102 Å². The number of carboxylic acid groups (broad SMARTS) is 1. The zero-order valence-corrected chi connectivity index (χ0v) is 10.2. The molecule has 1 saturated heterocycles. The highest BCUT2D eigenvalue weighted by Crippen LogP contribution is 2.26. The molecule has 0 aromatic heterocycles. The summed E-state index contributed by atoms with van der Waals surface area (Å²) in [6, 6.07) is 10.8. The SMILES string of the molecule is C[C@@H]1[C@H](Cc2ccccc2)CCN1CC(=O)O. The van der Waals surface area contributed by atoms with E-state index in [2.05, 4.69) is 36.1 Å². The van der Waals surface area contributed by atoms with Crippen LogP contribution in [0.3, 0.4) is 0 Å². The van der Waals surface area contributed by atoms with E-state index in [1.807, 2.05) is 6.07 Å². The maximum absolute atomic E-state index is 10.7.